The zero-order chi connectivity index (χ0) is 11.4. The van der Waals surface area contributed by atoms with E-state index in [4.69, 9.17) is 14.6 Å². The topological polar surface area (TPSA) is 72.8 Å². The molecule has 3 aliphatic rings. The van der Waals surface area contributed by atoms with Gasteiger partial charge in [-0.25, -0.2) is 4.79 Å². The van der Waals surface area contributed by atoms with Gasteiger partial charge in [-0.1, -0.05) is 0 Å². The first-order valence-corrected chi connectivity index (χ1v) is 6.24. The summed E-state index contributed by atoms with van der Waals surface area (Å²) in [5, 5.41) is 9.32. The lowest BCUT2D eigenvalue weighted by molar-refractivity contribution is -0.151. The first-order chi connectivity index (χ1) is 7.58. The summed E-state index contributed by atoms with van der Waals surface area (Å²) in [6, 6.07) is 0. The highest BCUT2D eigenvalue weighted by Gasteiger charge is 2.68. The van der Waals surface area contributed by atoms with Crippen LogP contribution in [0.4, 0.5) is 4.79 Å². The third-order valence-corrected chi connectivity index (χ3v) is 5.60. The van der Waals surface area contributed by atoms with Gasteiger partial charge >= 0.3 is 12.1 Å². The lowest BCUT2D eigenvalue weighted by Crippen LogP contribution is -2.56. The molecule has 0 radical (unpaired) electrons. The normalized spacial score (nSPS) is 47.3. The molecule has 88 valence electrons. The van der Waals surface area contributed by atoms with Crippen LogP contribution in [-0.2, 0) is 14.3 Å². The van der Waals surface area contributed by atoms with E-state index in [9.17, 15) is 9.59 Å². The monoisotopic (exact) mass is 244 g/mol. The molecule has 0 aromatic heterocycles. The highest BCUT2D eigenvalue weighted by Crippen LogP contribution is 2.65. The molecule has 1 heterocycles. The SMILES string of the molecule is CC(=O)OC1C2SC3C(OC(=O)O)[C@H]1C[C@H]23. The van der Waals surface area contributed by atoms with Crippen molar-refractivity contribution in [3.63, 3.8) is 0 Å². The molecule has 0 spiro atoms. The maximum Gasteiger partial charge on any atom is 0.506 e. The molecule has 1 aliphatic heterocycles. The molecule has 16 heavy (non-hydrogen) atoms. The van der Waals surface area contributed by atoms with Gasteiger partial charge in [0.05, 0.1) is 0 Å². The van der Waals surface area contributed by atoms with Crippen LogP contribution in [0.3, 0.4) is 0 Å². The molecule has 2 bridgehead atoms. The van der Waals surface area contributed by atoms with Crippen molar-refractivity contribution in [1.82, 2.24) is 0 Å². The van der Waals surface area contributed by atoms with Crippen LogP contribution in [0, 0.1) is 11.8 Å². The summed E-state index contributed by atoms with van der Waals surface area (Å²) < 4.78 is 10.2. The van der Waals surface area contributed by atoms with Crippen LogP contribution >= 0.6 is 11.8 Å². The van der Waals surface area contributed by atoms with Crippen molar-refractivity contribution in [2.45, 2.75) is 36.1 Å². The average Bonchev–Trinajstić information content (AvgIpc) is 2.50. The van der Waals surface area contributed by atoms with Gasteiger partial charge in [0.2, 0.25) is 0 Å². The zero-order valence-electron chi connectivity index (χ0n) is 8.66. The molecular formula is C10H12O5S. The van der Waals surface area contributed by atoms with Gasteiger partial charge in [-0.05, 0) is 12.3 Å². The average molecular weight is 244 g/mol. The second-order valence-electron chi connectivity index (χ2n) is 4.55. The smallest absolute Gasteiger partial charge is 0.461 e. The van der Waals surface area contributed by atoms with Gasteiger partial charge in [-0.2, -0.15) is 0 Å². The van der Waals surface area contributed by atoms with Crippen LogP contribution in [0.1, 0.15) is 13.3 Å². The van der Waals surface area contributed by atoms with Crippen LogP contribution < -0.4 is 0 Å². The van der Waals surface area contributed by atoms with Crippen molar-refractivity contribution in [3.05, 3.63) is 0 Å². The van der Waals surface area contributed by atoms with Crippen molar-refractivity contribution in [1.29, 1.82) is 0 Å². The Bertz CT molecular complexity index is 327. The van der Waals surface area contributed by atoms with Gasteiger partial charge in [0.1, 0.15) is 12.2 Å². The standard InChI is InChI=1S/C10H12O5S/c1-3(11)14-6-4-2-5-8(6)16-9(5)7(4)15-10(12)13/h4-9H,2H2,1H3,(H,12,13)/t4-,5+,6?,7?,8?,9?/m0/s1. The van der Waals surface area contributed by atoms with Crippen LogP contribution in [0.15, 0.2) is 0 Å². The minimum absolute atomic E-state index is 0.0706. The predicted octanol–water partition coefficient (Wildman–Crippen LogP) is 1.11. The summed E-state index contributed by atoms with van der Waals surface area (Å²) in [5.41, 5.74) is 0. The van der Waals surface area contributed by atoms with Crippen molar-refractivity contribution in [3.8, 4) is 0 Å². The molecule has 6 heteroatoms. The van der Waals surface area contributed by atoms with Crippen LogP contribution in [0.2, 0.25) is 0 Å². The first kappa shape index (κ1) is 10.3. The van der Waals surface area contributed by atoms with E-state index in [0.29, 0.717) is 11.2 Å². The Morgan fingerprint density at radius 1 is 1.19 bits per heavy atom. The fourth-order valence-electron chi connectivity index (χ4n) is 3.26. The number of rotatable bonds is 2. The number of carbonyl (C=O) groups excluding carboxylic acids is 1. The molecular weight excluding hydrogens is 232 g/mol. The molecule has 1 saturated heterocycles. The molecule has 4 unspecified atom stereocenters. The Morgan fingerprint density at radius 2 is 1.81 bits per heavy atom. The highest BCUT2D eigenvalue weighted by molar-refractivity contribution is 8.02. The molecule has 3 fully saturated rings. The molecule has 3 rings (SSSR count). The van der Waals surface area contributed by atoms with Crippen molar-refractivity contribution in [2.75, 3.05) is 0 Å². The molecule has 1 N–H and O–H groups in total. The van der Waals surface area contributed by atoms with Crippen molar-refractivity contribution in [2.24, 2.45) is 11.8 Å². The lowest BCUT2D eigenvalue weighted by Gasteiger charge is -2.48. The Balaban J connectivity index is 1.75. The Labute approximate surface area is 96.5 Å². The zero-order valence-corrected chi connectivity index (χ0v) is 9.48. The fourth-order valence-corrected chi connectivity index (χ4v) is 5.14. The van der Waals surface area contributed by atoms with Gasteiger partial charge < -0.3 is 14.6 Å². The number of hydrogen-bond donors (Lipinski definition) is 1. The van der Waals surface area contributed by atoms with Gasteiger partial charge in [0.25, 0.3) is 0 Å². The summed E-state index contributed by atoms with van der Waals surface area (Å²) in [6.45, 7) is 1.39. The summed E-state index contributed by atoms with van der Waals surface area (Å²) >= 11 is 1.70. The maximum atomic E-state index is 11.0. The number of thioether (sulfide) groups is 1. The molecule has 2 aliphatic carbocycles. The van der Waals surface area contributed by atoms with Crippen LogP contribution in [0.25, 0.3) is 0 Å². The number of carboxylic acid groups (broad SMARTS) is 1. The van der Waals surface area contributed by atoms with E-state index in [1.807, 2.05) is 0 Å². The molecule has 6 atom stereocenters. The van der Waals surface area contributed by atoms with Gasteiger partial charge in [0.15, 0.2) is 0 Å². The largest absolute Gasteiger partial charge is 0.506 e. The van der Waals surface area contributed by atoms with Gasteiger partial charge in [0, 0.05) is 23.3 Å². The summed E-state index contributed by atoms with van der Waals surface area (Å²) in [7, 11) is 0. The maximum absolute atomic E-state index is 11.0. The molecule has 0 aromatic rings. The van der Waals surface area contributed by atoms with E-state index in [1.54, 1.807) is 11.8 Å². The van der Waals surface area contributed by atoms with E-state index in [0.717, 1.165) is 6.42 Å². The predicted molar refractivity (Wildman–Crippen MR) is 55.2 cm³/mol. The number of esters is 1. The number of hydrogen-bond acceptors (Lipinski definition) is 5. The minimum atomic E-state index is -1.23. The second kappa shape index (κ2) is 3.29. The molecule has 0 amide bonds. The van der Waals surface area contributed by atoms with Gasteiger partial charge in [-0.15, -0.1) is 11.8 Å². The van der Waals surface area contributed by atoms with Gasteiger partial charge in [-0.3, -0.25) is 4.79 Å². The van der Waals surface area contributed by atoms with E-state index >= 15 is 0 Å². The highest BCUT2D eigenvalue weighted by atomic mass is 32.2. The van der Waals surface area contributed by atoms with Crippen molar-refractivity contribution < 1.29 is 24.2 Å². The fraction of sp³-hybridized carbons (Fsp3) is 0.800. The quantitative estimate of drug-likeness (QED) is 0.734. The first-order valence-electron chi connectivity index (χ1n) is 5.30. The third-order valence-electron chi connectivity index (χ3n) is 3.73. The van der Waals surface area contributed by atoms with Crippen LogP contribution in [0.5, 0.6) is 0 Å². The Hall–Kier alpha value is -0.910. The summed E-state index contributed by atoms with van der Waals surface area (Å²) in [6.07, 6.45) is -0.745. The minimum Gasteiger partial charge on any atom is -0.461 e. The van der Waals surface area contributed by atoms with Crippen LogP contribution in [-0.4, -0.2) is 39.9 Å². The molecule has 2 saturated carbocycles. The summed E-state index contributed by atoms with van der Waals surface area (Å²) in [4.78, 5) is 21.6. The van der Waals surface area contributed by atoms with E-state index < -0.39 is 6.16 Å². The number of carbonyl (C=O) groups is 2. The molecule has 0 aromatic carbocycles. The second-order valence-corrected chi connectivity index (χ2v) is 5.91. The number of fused-ring (bicyclic) bond motifs is 1. The van der Waals surface area contributed by atoms with Crippen molar-refractivity contribution >= 4 is 23.9 Å². The van der Waals surface area contributed by atoms with E-state index in [2.05, 4.69) is 0 Å². The number of ether oxygens (including phenoxy) is 2. The van der Waals surface area contributed by atoms with E-state index in [-0.39, 0.29) is 29.3 Å². The Morgan fingerprint density at radius 3 is 2.31 bits per heavy atom. The summed E-state index contributed by atoms with van der Waals surface area (Å²) in [5.74, 6) is 0.251. The lowest BCUT2D eigenvalue weighted by atomic mass is 9.92. The van der Waals surface area contributed by atoms with E-state index in [1.165, 1.54) is 6.92 Å². The third kappa shape index (κ3) is 1.25. The Kier molecular flexibility index (Phi) is 2.11. The molecule has 5 nitrogen and oxygen atoms in total.